The van der Waals surface area contributed by atoms with Gasteiger partial charge in [0, 0.05) is 13.2 Å². The summed E-state index contributed by atoms with van der Waals surface area (Å²) in [6, 6.07) is 6.04. The van der Waals surface area contributed by atoms with Crippen LogP contribution >= 0.6 is 0 Å². The fraction of sp³-hybridized carbons (Fsp3) is 0.0833. The second-order valence-electron chi connectivity index (χ2n) is 3.97. The van der Waals surface area contributed by atoms with Crippen LogP contribution in [-0.2, 0) is 7.05 Å². The van der Waals surface area contributed by atoms with Gasteiger partial charge in [-0.1, -0.05) is 6.07 Å². The van der Waals surface area contributed by atoms with Crippen molar-refractivity contribution in [1.82, 2.24) is 15.0 Å². The van der Waals surface area contributed by atoms with Crippen LogP contribution in [0.2, 0.25) is 0 Å². The number of hydrogen-bond donors (Lipinski definition) is 4. The summed E-state index contributed by atoms with van der Waals surface area (Å²) in [7, 11) is 1.78. The van der Waals surface area contributed by atoms with Crippen molar-refractivity contribution < 1.29 is 4.39 Å². The molecule has 0 saturated carbocycles. The Morgan fingerprint density at radius 3 is 2.89 bits per heavy atom. The predicted molar refractivity (Wildman–Crippen MR) is 72.9 cm³/mol. The molecule has 0 saturated heterocycles. The Labute approximate surface area is 109 Å². The van der Waals surface area contributed by atoms with Gasteiger partial charge < -0.3 is 26.9 Å². The Morgan fingerprint density at radius 2 is 2.26 bits per heavy atom. The fourth-order valence-electron chi connectivity index (χ4n) is 1.49. The zero-order valence-electron chi connectivity index (χ0n) is 10.4. The van der Waals surface area contributed by atoms with Crippen molar-refractivity contribution in [3.05, 3.63) is 48.3 Å². The molecule has 0 spiro atoms. The van der Waals surface area contributed by atoms with Gasteiger partial charge in [0.15, 0.2) is 0 Å². The highest BCUT2D eigenvalue weighted by Crippen LogP contribution is 2.14. The smallest absolute Gasteiger partial charge is 0.132 e. The lowest BCUT2D eigenvalue weighted by Gasteiger charge is -2.07. The molecule has 0 aliphatic heterocycles. The van der Waals surface area contributed by atoms with Gasteiger partial charge in [-0.05, 0) is 18.2 Å². The van der Waals surface area contributed by atoms with E-state index in [9.17, 15) is 4.39 Å². The van der Waals surface area contributed by atoms with Gasteiger partial charge in [0.25, 0.3) is 0 Å². The Morgan fingerprint density at radius 1 is 1.47 bits per heavy atom. The molecule has 1 heterocycles. The lowest BCUT2D eigenvalue weighted by Crippen LogP contribution is -2.17. The normalized spacial score (nSPS) is 11.4. The maximum atomic E-state index is 12.9. The van der Waals surface area contributed by atoms with Gasteiger partial charge in [0.1, 0.15) is 17.3 Å². The number of rotatable bonds is 4. The van der Waals surface area contributed by atoms with Crippen LogP contribution in [-0.4, -0.2) is 9.55 Å². The number of aromatic nitrogens is 2. The molecule has 0 aliphatic carbocycles. The van der Waals surface area contributed by atoms with Crippen LogP contribution < -0.4 is 22.3 Å². The van der Waals surface area contributed by atoms with Gasteiger partial charge in [-0.15, -0.1) is 0 Å². The van der Waals surface area contributed by atoms with E-state index < -0.39 is 0 Å². The van der Waals surface area contributed by atoms with Crippen LogP contribution in [0.1, 0.15) is 5.69 Å². The molecule has 0 radical (unpaired) electrons. The summed E-state index contributed by atoms with van der Waals surface area (Å²) < 4.78 is 14.6. The number of hydrogen-bond acceptors (Lipinski definition) is 5. The van der Waals surface area contributed by atoms with Crippen molar-refractivity contribution in [2.75, 3.05) is 11.2 Å². The third kappa shape index (κ3) is 2.95. The van der Waals surface area contributed by atoms with E-state index in [2.05, 4.69) is 15.8 Å². The van der Waals surface area contributed by atoms with Crippen LogP contribution in [0, 0.1) is 5.82 Å². The quantitative estimate of drug-likeness (QED) is 0.617. The third-order valence-corrected chi connectivity index (χ3v) is 2.52. The maximum absolute atomic E-state index is 12.9. The molecular formula is C12H15FN6. The van der Waals surface area contributed by atoms with Crippen molar-refractivity contribution in [2.45, 2.75) is 0 Å². The number of nitrogen functional groups attached to an aromatic ring is 1. The minimum absolute atomic E-state index is 0.322. The summed E-state index contributed by atoms with van der Waals surface area (Å²) >= 11 is 0. The van der Waals surface area contributed by atoms with Crippen molar-refractivity contribution in [3.63, 3.8) is 0 Å². The summed E-state index contributed by atoms with van der Waals surface area (Å²) in [4.78, 5) is 4.07. The van der Waals surface area contributed by atoms with Crippen molar-refractivity contribution >= 4 is 17.2 Å². The molecule has 0 bridgehead atoms. The number of aryl methyl sites for hydroxylation is 1. The largest absolute Gasteiger partial charge is 0.396 e. The first-order valence-electron chi connectivity index (χ1n) is 5.58. The summed E-state index contributed by atoms with van der Waals surface area (Å²) in [6.45, 7) is 0. The van der Waals surface area contributed by atoms with Crippen LogP contribution in [0.3, 0.4) is 0 Å². The summed E-state index contributed by atoms with van der Waals surface area (Å²) in [5.41, 5.74) is 18.6. The SMILES string of the molecule is Cn1cnc(/C(N)=C/NNc2cccc(F)c2)c1N. The molecule has 100 valence electrons. The summed E-state index contributed by atoms with van der Waals surface area (Å²) in [5.74, 6) is 0.152. The highest BCUT2D eigenvalue weighted by atomic mass is 19.1. The van der Waals surface area contributed by atoms with E-state index in [0.717, 1.165) is 0 Å². The van der Waals surface area contributed by atoms with E-state index in [1.807, 2.05) is 0 Å². The Kier molecular flexibility index (Phi) is 3.56. The van der Waals surface area contributed by atoms with Crippen molar-refractivity contribution in [3.8, 4) is 0 Å². The molecule has 0 unspecified atom stereocenters. The van der Waals surface area contributed by atoms with Crippen LogP contribution in [0.15, 0.2) is 36.8 Å². The van der Waals surface area contributed by atoms with Crippen molar-refractivity contribution in [2.24, 2.45) is 12.8 Å². The first-order chi connectivity index (χ1) is 9.08. The van der Waals surface area contributed by atoms with Crippen LogP contribution in [0.4, 0.5) is 15.9 Å². The van der Waals surface area contributed by atoms with Gasteiger partial charge in [-0.3, -0.25) is 0 Å². The second-order valence-corrected chi connectivity index (χ2v) is 3.97. The monoisotopic (exact) mass is 262 g/mol. The zero-order chi connectivity index (χ0) is 13.8. The lowest BCUT2D eigenvalue weighted by molar-refractivity contribution is 0.628. The molecule has 0 atom stereocenters. The molecule has 6 nitrogen and oxygen atoms in total. The molecule has 0 amide bonds. The topological polar surface area (TPSA) is 93.9 Å². The van der Waals surface area contributed by atoms with Gasteiger partial charge >= 0.3 is 0 Å². The van der Waals surface area contributed by atoms with E-state index in [1.165, 1.54) is 18.3 Å². The molecular weight excluding hydrogens is 247 g/mol. The molecule has 0 fully saturated rings. The Hall–Kier alpha value is -2.70. The maximum Gasteiger partial charge on any atom is 0.132 e. The van der Waals surface area contributed by atoms with Gasteiger partial charge in [0.2, 0.25) is 0 Å². The molecule has 2 rings (SSSR count). The third-order valence-electron chi connectivity index (χ3n) is 2.52. The number of nitrogens with zero attached hydrogens (tertiary/aromatic N) is 2. The first kappa shape index (κ1) is 12.7. The van der Waals surface area contributed by atoms with Gasteiger partial charge in [0.05, 0.1) is 17.7 Å². The number of imidazole rings is 1. The first-order valence-corrected chi connectivity index (χ1v) is 5.58. The van der Waals surface area contributed by atoms with Crippen molar-refractivity contribution in [1.29, 1.82) is 0 Å². The lowest BCUT2D eigenvalue weighted by atomic mass is 10.3. The van der Waals surface area contributed by atoms with E-state index in [-0.39, 0.29) is 5.82 Å². The van der Waals surface area contributed by atoms with E-state index in [0.29, 0.717) is 22.9 Å². The average molecular weight is 262 g/mol. The summed E-state index contributed by atoms with van der Waals surface area (Å²) in [5, 5.41) is 0. The van der Waals surface area contributed by atoms with E-state index in [4.69, 9.17) is 11.5 Å². The molecule has 0 aliphatic rings. The number of nitrogens with one attached hydrogen (secondary N) is 2. The number of anilines is 2. The summed E-state index contributed by atoms with van der Waals surface area (Å²) in [6.07, 6.45) is 3.08. The van der Waals surface area contributed by atoms with E-state index in [1.54, 1.807) is 30.1 Å². The second kappa shape index (κ2) is 5.30. The zero-order valence-corrected chi connectivity index (χ0v) is 10.4. The standard InChI is InChI=1S/C12H15FN6/c1-19-7-16-11(12(19)15)10(14)6-17-18-9-4-2-3-8(13)5-9/h2-7,17-18H,14-15H2,1H3/b10-6-. The average Bonchev–Trinajstić information content (AvgIpc) is 2.70. The van der Waals surface area contributed by atoms with Gasteiger partial charge in [-0.2, -0.15) is 0 Å². The van der Waals surface area contributed by atoms with Crippen LogP contribution in [0.5, 0.6) is 0 Å². The molecule has 7 heteroatoms. The molecule has 1 aromatic heterocycles. The molecule has 2 aromatic rings. The number of hydrazine groups is 1. The predicted octanol–water partition coefficient (Wildman–Crippen LogP) is 1.02. The van der Waals surface area contributed by atoms with E-state index >= 15 is 0 Å². The highest BCUT2D eigenvalue weighted by molar-refractivity contribution is 5.67. The molecule has 19 heavy (non-hydrogen) atoms. The molecule has 6 N–H and O–H groups in total. The fourth-order valence-corrected chi connectivity index (χ4v) is 1.49. The molecule has 1 aromatic carbocycles. The number of nitrogens with two attached hydrogens (primary N) is 2. The minimum atomic E-state index is -0.322. The van der Waals surface area contributed by atoms with Gasteiger partial charge in [-0.25, -0.2) is 9.37 Å². The number of benzene rings is 1. The minimum Gasteiger partial charge on any atom is -0.396 e. The van der Waals surface area contributed by atoms with Crippen LogP contribution in [0.25, 0.3) is 5.70 Å². The number of halogens is 1. The Bertz CT molecular complexity index is 604. The Balaban J connectivity index is 2.01. The highest BCUT2D eigenvalue weighted by Gasteiger charge is 2.07.